The first kappa shape index (κ1) is 20.6. The Morgan fingerprint density at radius 2 is 2.07 bits per heavy atom. The lowest BCUT2D eigenvalue weighted by molar-refractivity contribution is -0.325. The first-order valence-corrected chi connectivity index (χ1v) is 9.73. The highest BCUT2D eigenvalue weighted by Gasteiger charge is 2.30. The number of imidazole rings is 1. The molecule has 0 bridgehead atoms. The summed E-state index contributed by atoms with van der Waals surface area (Å²) in [5.41, 5.74) is 3.61. The number of fused-ring (bicyclic) bond motifs is 1. The number of pyridine rings is 1. The third-order valence-corrected chi connectivity index (χ3v) is 5.27. The van der Waals surface area contributed by atoms with Crippen molar-refractivity contribution in [2.75, 3.05) is 13.2 Å². The molecule has 0 saturated carbocycles. The molecule has 1 aliphatic rings. The minimum atomic E-state index is -4.68. The van der Waals surface area contributed by atoms with E-state index in [0.717, 1.165) is 24.0 Å². The Morgan fingerprint density at radius 1 is 1.27 bits per heavy atom. The van der Waals surface area contributed by atoms with Gasteiger partial charge >= 0.3 is 6.36 Å². The van der Waals surface area contributed by atoms with Gasteiger partial charge in [0.1, 0.15) is 11.9 Å². The van der Waals surface area contributed by atoms with Crippen molar-refractivity contribution in [2.45, 2.75) is 38.8 Å². The van der Waals surface area contributed by atoms with Crippen LogP contribution < -0.4 is 5.56 Å². The standard InChI is InChI=1S/C21H22F3N3O3/c1-13-10-15(12-26(2)20(13)28)14-5-6-16-17(11-14)27(7-9-30-21(22,23)24)19(25-16)18-4-3-8-29-18/h5-6,10-12,18H,3-4,7-9H2,1-2H3. The maximum absolute atomic E-state index is 12.5. The van der Waals surface area contributed by atoms with E-state index in [1.807, 2.05) is 18.2 Å². The maximum Gasteiger partial charge on any atom is 0.522 e. The molecule has 30 heavy (non-hydrogen) atoms. The summed E-state index contributed by atoms with van der Waals surface area (Å²) in [5, 5.41) is 0. The minimum absolute atomic E-state index is 0.000952. The molecule has 1 saturated heterocycles. The van der Waals surface area contributed by atoms with Crippen LogP contribution in [0.2, 0.25) is 0 Å². The molecule has 0 radical (unpaired) electrons. The van der Waals surface area contributed by atoms with Crippen molar-refractivity contribution in [3.8, 4) is 11.1 Å². The Kier molecular flexibility index (Phi) is 5.42. The smallest absolute Gasteiger partial charge is 0.370 e. The lowest BCUT2D eigenvalue weighted by atomic mass is 10.1. The first-order valence-electron chi connectivity index (χ1n) is 9.73. The molecule has 1 aliphatic heterocycles. The van der Waals surface area contributed by atoms with Crippen molar-refractivity contribution in [1.29, 1.82) is 0 Å². The Balaban J connectivity index is 1.77. The van der Waals surface area contributed by atoms with E-state index in [1.165, 1.54) is 4.57 Å². The van der Waals surface area contributed by atoms with Crippen molar-refractivity contribution in [3.63, 3.8) is 0 Å². The molecule has 160 valence electrons. The number of hydrogen-bond acceptors (Lipinski definition) is 4. The van der Waals surface area contributed by atoms with Crippen molar-refractivity contribution >= 4 is 11.0 Å². The van der Waals surface area contributed by atoms with Gasteiger partial charge in [-0.25, -0.2) is 4.98 Å². The second-order valence-corrected chi connectivity index (χ2v) is 7.45. The molecule has 0 N–H and O–H groups in total. The lowest BCUT2D eigenvalue weighted by Gasteiger charge is -2.15. The minimum Gasteiger partial charge on any atom is -0.370 e. The number of benzene rings is 1. The number of nitrogens with zero attached hydrogens (tertiary/aromatic N) is 3. The Bertz CT molecular complexity index is 1100. The molecule has 1 unspecified atom stereocenters. The number of hydrogen-bond donors (Lipinski definition) is 0. The highest BCUT2D eigenvalue weighted by Crippen LogP contribution is 2.32. The average molecular weight is 421 g/mol. The van der Waals surface area contributed by atoms with Gasteiger partial charge in [0.25, 0.3) is 5.56 Å². The van der Waals surface area contributed by atoms with Gasteiger partial charge in [-0.3, -0.25) is 9.53 Å². The van der Waals surface area contributed by atoms with Crippen LogP contribution in [0.15, 0.2) is 35.3 Å². The van der Waals surface area contributed by atoms with Crippen LogP contribution in [0.3, 0.4) is 0 Å². The molecule has 0 spiro atoms. The molecule has 1 fully saturated rings. The SMILES string of the molecule is Cc1cc(-c2ccc3nc(C4CCCO4)n(CCOC(F)(F)F)c3c2)cn(C)c1=O. The largest absolute Gasteiger partial charge is 0.522 e. The first-order chi connectivity index (χ1) is 14.2. The van der Waals surface area contributed by atoms with Gasteiger partial charge in [-0.15, -0.1) is 13.2 Å². The lowest BCUT2D eigenvalue weighted by Crippen LogP contribution is -2.19. The van der Waals surface area contributed by atoms with Gasteiger partial charge in [0.05, 0.1) is 17.6 Å². The highest BCUT2D eigenvalue weighted by molar-refractivity contribution is 5.82. The van der Waals surface area contributed by atoms with Crippen LogP contribution in [-0.2, 0) is 23.1 Å². The molecule has 4 rings (SSSR count). The van der Waals surface area contributed by atoms with E-state index in [2.05, 4.69) is 9.72 Å². The zero-order valence-electron chi connectivity index (χ0n) is 16.7. The van der Waals surface area contributed by atoms with E-state index in [-0.39, 0.29) is 18.2 Å². The summed E-state index contributed by atoms with van der Waals surface area (Å²) in [5.74, 6) is 0.613. The molecule has 1 aromatic carbocycles. The highest BCUT2D eigenvalue weighted by atomic mass is 19.4. The number of halogens is 3. The fraction of sp³-hybridized carbons (Fsp3) is 0.429. The normalized spacial score (nSPS) is 17.2. The predicted molar refractivity (Wildman–Crippen MR) is 105 cm³/mol. The van der Waals surface area contributed by atoms with Gasteiger partial charge in [0.2, 0.25) is 0 Å². The predicted octanol–water partition coefficient (Wildman–Crippen LogP) is 4.10. The van der Waals surface area contributed by atoms with Crippen LogP contribution in [0, 0.1) is 6.92 Å². The van der Waals surface area contributed by atoms with Crippen LogP contribution in [0.1, 0.15) is 30.3 Å². The number of aromatic nitrogens is 3. The summed E-state index contributed by atoms with van der Waals surface area (Å²) < 4.78 is 50.5. The summed E-state index contributed by atoms with van der Waals surface area (Å²) in [6.07, 6.45) is -1.53. The number of alkyl halides is 3. The zero-order valence-corrected chi connectivity index (χ0v) is 16.7. The number of ether oxygens (including phenoxy) is 2. The van der Waals surface area contributed by atoms with Gasteiger partial charge in [-0.05, 0) is 49.1 Å². The van der Waals surface area contributed by atoms with Crippen LogP contribution in [0.25, 0.3) is 22.2 Å². The van der Waals surface area contributed by atoms with E-state index >= 15 is 0 Å². The van der Waals surface area contributed by atoms with Crippen molar-refractivity contribution in [2.24, 2.45) is 7.05 Å². The monoisotopic (exact) mass is 421 g/mol. The van der Waals surface area contributed by atoms with Crippen LogP contribution >= 0.6 is 0 Å². The molecule has 1 atom stereocenters. The van der Waals surface area contributed by atoms with Crippen molar-refractivity contribution < 1.29 is 22.6 Å². The summed E-state index contributed by atoms with van der Waals surface area (Å²) >= 11 is 0. The molecule has 2 aromatic heterocycles. The van der Waals surface area contributed by atoms with E-state index in [1.54, 1.807) is 30.8 Å². The second-order valence-electron chi connectivity index (χ2n) is 7.45. The van der Waals surface area contributed by atoms with Crippen LogP contribution in [0.5, 0.6) is 0 Å². The third-order valence-electron chi connectivity index (χ3n) is 5.27. The Labute approximate surface area is 170 Å². The van der Waals surface area contributed by atoms with E-state index in [9.17, 15) is 18.0 Å². The Hall–Kier alpha value is -2.65. The van der Waals surface area contributed by atoms with Gasteiger partial charge in [-0.2, -0.15) is 0 Å². The zero-order chi connectivity index (χ0) is 21.5. The second kappa shape index (κ2) is 7.88. The molecule has 0 aliphatic carbocycles. The van der Waals surface area contributed by atoms with Crippen LogP contribution in [-0.4, -0.2) is 33.7 Å². The Morgan fingerprint density at radius 3 is 2.73 bits per heavy atom. The summed E-state index contributed by atoms with van der Waals surface area (Å²) in [6, 6.07) is 7.42. The van der Waals surface area contributed by atoms with Crippen molar-refractivity contribution in [3.05, 3.63) is 52.2 Å². The molecular formula is C21H22F3N3O3. The van der Waals surface area contributed by atoms with E-state index < -0.39 is 13.0 Å². The summed E-state index contributed by atoms with van der Waals surface area (Å²) in [6.45, 7) is 1.84. The summed E-state index contributed by atoms with van der Waals surface area (Å²) in [7, 11) is 1.69. The van der Waals surface area contributed by atoms with Gasteiger partial charge in [0.15, 0.2) is 0 Å². The van der Waals surface area contributed by atoms with Crippen LogP contribution in [0.4, 0.5) is 13.2 Å². The molecule has 3 aromatic rings. The number of rotatable bonds is 5. The molecule has 9 heteroatoms. The molecule has 3 heterocycles. The average Bonchev–Trinajstić information content (AvgIpc) is 3.32. The molecular weight excluding hydrogens is 399 g/mol. The maximum atomic E-state index is 12.5. The van der Waals surface area contributed by atoms with Gasteiger partial charge in [0, 0.05) is 32.0 Å². The fourth-order valence-electron chi connectivity index (χ4n) is 3.87. The van der Waals surface area contributed by atoms with Gasteiger partial charge < -0.3 is 13.9 Å². The quantitative estimate of drug-likeness (QED) is 0.623. The third kappa shape index (κ3) is 4.13. The fourth-order valence-corrected chi connectivity index (χ4v) is 3.87. The van der Waals surface area contributed by atoms with Gasteiger partial charge in [-0.1, -0.05) is 6.07 Å². The topological polar surface area (TPSA) is 58.3 Å². The summed E-state index contributed by atoms with van der Waals surface area (Å²) in [4.78, 5) is 16.6. The number of aryl methyl sites for hydroxylation is 2. The van der Waals surface area contributed by atoms with E-state index in [0.29, 0.717) is 29.0 Å². The molecule has 0 amide bonds. The molecule has 6 nitrogen and oxygen atoms in total. The van der Waals surface area contributed by atoms with E-state index in [4.69, 9.17) is 4.74 Å². The van der Waals surface area contributed by atoms with Crippen molar-refractivity contribution in [1.82, 2.24) is 14.1 Å².